The number of nitrogens with zero attached hydrogens (tertiary/aromatic N) is 3. The number of anilines is 1. The van der Waals surface area contributed by atoms with Gasteiger partial charge in [0.15, 0.2) is 0 Å². The molecule has 1 fully saturated rings. The van der Waals surface area contributed by atoms with Crippen LogP contribution in [0.2, 0.25) is 0 Å². The minimum Gasteiger partial charge on any atom is -0.497 e. The zero-order chi connectivity index (χ0) is 18.1. The highest BCUT2D eigenvalue weighted by atomic mass is 16.5. The van der Waals surface area contributed by atoms with Gasteiger partial charge in [-0.2, -0.15) is 5.10 Å². The highest BCUT2D eigenvalue weighted by Gasteiger charge is 2.21. The van der Waals surface area contributed by atoms with Crippen molar-refractivity contribution >= 4 is 16.9 Å². The molecule has 136 valence electrons. The van der Waals surface area contributed by atoms with Crippen LogP contribution in [0, 0.1) is 0 Å². The number of hydrogen-bond acceptors (Lipinski definition) is 5. The number of ether oxygens (including phenoxy) is 2. The number of fused-ring (bicyclic) bond motifs is 1. The lowest BCUT2D eigenvalue weighted by molar-refractivity contribution is 0.0985. The number of aromatic amines is 1. The molecule has 0 radical (unpaired) electrons. The average molecular weight is 354 g/mol. The third-order valence-electron chi connectivity index (χ3n) is 4.77. The number of rotatable bonds is 4. The number of benzene rings is 1. The SMILES string of the molecule is COc1ccc(Cn2ncc3[nH]c(N4CCOC[C@H]4C)cc(=O)c32)cc1. The quantitative estimate of drug-likeness (QED) is 0.776. The maximum atomic E-state index is 12.8. The summed E-state index contributed by atoms with van der Waals surface area (Å²) in [5.41, 5.74) is 2.37. The molecule has 0 aliphatic carbocycles. The van der Waals surface area contributed by atoms with Gasteiger partial charge in [-0.3, -0.25) is 9.48 Å². The smallest absolute Gasteiger partial charge is 0.209 e. The zero-order valence-corrected chi connectivity index (χ0v) is 14.9. The Labute approximate surface area is 151 Å². The molecule has 4 rings (SSSR count). The first kappa shape index (κ1) is 16.7. The Bertz CT molecular complexity index is 961. The van der Waals surface area contributed by atoms with Crippen LogP contribution in [0.25, 0.3) is 11.0 Å². The van der Waals surface area contributed by atoms with Crippen LogP contribution >= 0.6 is 0 Å². The van der Waals surface area contributed by atoms with Crippen LogP contribution in [-0.2, 0) is 11.3 Å². The van der Waals surface area contributed by atoms with Crippen LogP contribution in [0.4, 0.5) is 5.82 Å². The van der Waals surface area contributed by atoms with Gasteiger partial charge in [-0.1, -0.05) is 12.1 Å². The first-order chi connectivity index (χ1) is 12.7. The lowest BCUT2D eigenvalue weighted by Gasteiger charge is -2.34. The largest absolute Gasteiger partial charge is 0.497 e. The van der Waals surface area contributed by atoms with E-state index in [0.717, 1.165) is 29.2 Å². The Kier molecular flexibility index (Phi) is 4.38. The van der Waals surface area contributed by atoms with Gasteiger partial charge in [0.1, 0.15) is 17.1 Å². The third-order valence-corrected chi connectivity index (χ3v) is 4.77. The van der Waals surface area contributed by atoms with E-state index in [1.54, 1.807) is 24.1 Å². The van der Waals surface area contributed by atoms with Crippen molar-refractivity contribution in [3.8, 4) is 5.75 Å². The fourth-order valence-corrected chi connectivity index (χ4v) is 3.37. The van der Waals surface area contributed by atoms with E-state index in [1.807, 2.05) is 24.3 Å². The summed E-state index contributed by atoms with van der Waals surface area (Å²) >= 11 is 0. The van der Waals surface area contributed by atoms with Crippen LogP contribution in [0.5, 0.6) is 5.75 Å². The normalized spacial score (nSPS) is 17.6. The molecule has 7 nitrogen and oxygen atoms in total. The highest BCUT2D eigenvalue weighted by Crippen LogP contribution is 2.19. The minimum absolute atomic E-state index is 0.0292. The van der Waals surface area contributed by atoms with E-state index in [4.69, 9.17) is 9.47 Å². The maximum Gasteiger partial charge on any atom is 0.209 e. The van der Waals surface area contributed by atoms with Crippen LogP contribution in [0.1, 0.15) is 12.5 Å². The van der Waals surface area contributed by atoms with Crippen LogP contribution in [0.3, 0.4) is 0 Å². The van der Waals surface area contributed by atoms with E-state index in [9.17, 15) is 4.79 Å². The van der Waals surface area contributed by atoms with Gasteiger partial charge < -0.3 is 19.4 Å². The van der Waals surface area contributed by atoms with Crippen molar-refractivity contribution < 1.29 is 9.47 Å². The van der Waals surface area contributed by atoms with Crippen molar-refractivity contribution in [1.29, 1.82) is 0 Å². The van der Waals surface area contributed by atoms with Gasteiger partial charge in [0.2, 0.25) is 5.43 Å². The standard InChI is InChI=1S/C19H22N4O3/c1-13-12-26-8-7-22(13)18-9-17(24)19-16(21-18)10-20-23(19)11-14-3-5-15(25-2)6-4-14/h3-6,9-10,13H,7-8,11-12H2,1-2H3,(H,21,24)/t13-/m1/s1. The van der Waals surface area contributed by atoms with Crippen LogP contribution < -0.4 is 15.1 Å². The fourth-order valence-electron chi connectivity index (χ4n) is 3.37. The monoisotopic (exact) mass is 354 g/mol. The van der Waals surface area contributed by atoms with E-state index in [-0.39, 0.29) is 11.5 Å². The predicted octanol–water partition coefficient (Wildman–Crippen LogP) is 2.01. The summed E-state index contributed by atoms with van der Waals surface area (Å²) in [6, 6.07) is 9.66. The summed E-state index contributed by atoms with van der Waals surface area (Å²) in [6.07, 6.45) is 1.72. The molecule has 1 atom stereocenters. The second-order valence-electron chi connectivity index (χ2n) is 6.55. The Morgan fingerprint density at radius 2 is 2.15 bits per heavy atom. The second kappa shape index (κ2) is 6.84. The minimum atomic E-state index is -0.0292. The molecule has 3 heterocycles. The number of hydrogen-bond donors (Lipinski definition) is 1. The maximum absolute atomic E-state index is 12.8. The molecule has 1 aliphatic heterocycles. The van der Waals surface area contributed by atoms with Crippen molar-refractivity contribution in [2.45, 2.75) is 19.5 Å². The third kappa shape index (κ3) is 3.06. The topological polar surface area (TPSA) is 72.4 Å². The molecule has 2 aromatic heterocycles. The molecule has 0 saturated carbocycles. The second-order valence-corrected chi connectivity index (χ2v) is 6.55. The first-order valence-corrected chi connectivity index (χ1v) is 8.72. The van der Waals surface area contributed by atoms with Crippen molar-refractivity contribution in [3.63, 3.8) is 0 Å². The van der Waals surface area contributed by atoms with E-state index in [1.165, 1.54) is 0 Å². The van der Waals surface area contributed by atoms with Crippen LogP contribution in [-0.4, -0.2) is 47.7 Å². The summed E-state index contributed by atoms with van der Waals surface area (Å²) in [7, 11) is 1.64. The molecular formula is C19H22N4O3. The van der Waals surface area contributed by atoms with E-state index < -0.39 is 0 Å². The summed E-state index contributed by atoms with van der Waals surface area (Å²) in [6.45, 7) is 4.72. The van der Waals surface area contributed by atoms with Crippen molar-refractivity contribution in [2.75, 3.05) is 31.8 Å². The predicted molar refractivity (Wildman–Crippen MR) is 100 cm³/mol. The first-order valence-electron chi connectivity index (χ1n) is 8.72. The number of methoxy groups -OCH3 is 1. The molecule has 7 heteroatoms. The number of pyridine rings is 1. The van der Waals surface area contributed by atoms with Gasteiger partial charge in [-0.25, -0.2) is 0 Å². The molecule has 0 spiro atoms. The molecule has 0 unspecified atom stereocenters. The fraction of sp³-hybridized carbons (Fsp3) is 0.368. The van der Waals surface area contributed by atoms with Gasteiger partial charge in [0.05, 0.1) is 44.6 Å². The Morgan fingerprint density at radius 1 is 1.35 bits per heavy atom. The Balaban J connectivity index is 1.66. The lowest BCUT2D eigenvalue weighted by Crippen LogP contribution is -2.44. The molecule has 0 bridgehead atoms. The molecule has 1 aromatic carbocycles. The number of H-pyrrole nitrogens is 1. The molecule has 3 aromatic rings. The number of nitrogens with one attached hydrogen (secondary N) is 1. The van der Waals surface area contributed by atoms with Gasteiger partial charge in [-0.15, -0.1) is 0 Å². The molecule has 1 aliphatic rings. The van der Waals surface area contributed by atoms with E-state index in [2.05, 4.69) is 21.9 Å². The summed E-state index contributed by atoms with van der Waals surface area (Å²) in [5.74, 6) is 1.63. The lowest BCUT2D eigenvalue weighted by atomic mass is 10.2. The van der Waals surface area contributed by atoms with Gasteiger partial charge >= 0.3 is 0 Å². The molecular weight excluding hydrogens is 332 g/mol. The number of aromatic nitrogens is 3. The average Bonchev–Trinajstić information content (AvgIpc) is 3.06. The van der Waals surface area contributed by atoms with Crippen molar-refractivity contribution in [1.82, 2.24) is 14.8 Å². The van der Waals surface area contributed by atoms with Gasteiger partial charge in [0, 0.05) is 12.6 Å². The van der Waals surface area contributed by atoms with Crippen molar-refractivity contribution in [2.24, 2.45) is 0 Å². The van der Waals surface area contributed by atoms with Crippen molar-refractivity contribution in [3.05, 3.63) is 52.3 Å². The van der Waals surface area contributed by atoms with Crippen LogP contribution in [0.15, 0.2) is 41.3 Å². The van der Waals surface area contributed by atoms with E-state index in [0.29, 0.717) is 25.3 Å². The molecule has 1 N–H and O–H groups in total. The van der Waals surface area contributed by atoms with Gasteiger partial charge in [0.25, 0.3) is 0 Å². The summed E-state index contributed by atoms with van der Waals surface area (Å²) in [4.78, 5) is 18.3. The highest BCUT2D eigenvalue weighted by molar-refractivity contribution is 5.76. The summed E-state index contributed by atoms with van der Waals surface area (Å²) < 4.78 is 12.4. The molecule has 1 saturated heterocycles. The van der Waals surface area contributed by atoms with E-state index >= 15 is 0 Å². The molecule has 26 heavy (non-hydrogen) atoms. The Morgan fingerprint density at radius 3 is 2.88 bits per heavy atom. The van der Waals surface area contributed by atoms with Gasteiger partial charge in [-0.05, 0) is 24.6 Å². The number of morpholine rings is 1. The molecule has 0 amide bonds. The Hall–Kier alpha value is -2.80. The zero-order valence-electron chi connectivity index (χ0n) is 14.9. The summed E-state index contributed by atoms with van der Waals surface area (Å²) in [5, 5.41) is 4.41.